The minimum atomic E-state index is -0.657. The van der Waals surface area contributed by atoms with Gasteiger partial charge in [0.15, 0.2) is 0 Å². The molecule has 0 spiro atoms. The van der Waals surface area contributed by atoms with Gasteiger partial charge in [0.1, 0.15) is 6.04 Å². The average molecular weight is 474 g/mol. The highest BCUT2D eigenvalue weighted by atomic mass is 35.5. The van der Waals surface area contributed by atoms with Gasteiger partial charge >= 0.3 is 0 Å². The molecule has 0 unspecified atom stereocenters. The van der Waals surface area contributed by atoms with Gasteiger partial charge in [-0.05, 0) is 37.6 Å². The molecule has 1 N–H and O–H groups in total. The predicted octanol–water partition coefficient (Wildman–Crippen LogP) is 5.43. The Hall–Kier alpha value is -1.40. The second kappa shape index (κ2) is 11.7. The molecule has 0 saturated heterocycles. The number of carbonyl (C=O) groups excluding carboxylic acids is 2. The van der Waals surface area contributed by atoms with Crippen LogP contribution in [0.15, 0.2) is 42.5 Å². The largest absolute Gasteiger partial charge is 0.355 e. The van der Waals surface area contributed by atoms with Crippen molar-refractivity contribution in [1.29, 1.82) is 0 Å². The summed E-state index contributed by atoms with van der Waals surface area (Å²) in [4.78, 5) is 26.9. The van der Waals surface area contributed by atoms with Crippen molar-refractivity contribution in [1.82, 2.24) is 10.2 Å². The molecule has 0 aliphatic heterocycles. The second-order valence-corrected chi connectivity index (χ2v) is 8.58. The van der Waals surface area contributed by atoms with Gasteiger partial charge in [0.05, 0.1) is 5.75 Å². The van der Waals surface area contributed by atoms with Crippen molar-refractivity contribution in [3.05, 3.63) is 68.7 Å². The van der Waals surface area contributed by atoms with Crippen molar-refractivity contribution in [3.63, 3.8) is 0 Å². The molecule has 0 fully saturated rings. The Labute approximate surface area is 190 Å². The predicted molar refractivity (Wildman–Crippen MR) is 123 cm³/mol. The lowest BCUT2D eigenvalue weighted by Gasteiger charge is -2.29. The van der Waals surface area contributed by atoms with E-state index >= 15 is 0 Å². The molecule has 0 radical (unpaired) electrons. The van der Waals surface area contributed by atoms with E-state index in [1.165, 1.54) is 16.7 Å². The Kier molecular flexibility index (Phi) is 9.63. The summed E-state index contributed by atoms with van der Waals surface area (Å²) in [5.41, 5.74) is 1.58. The number of carbonyl (C=O) groups is 2. The molecule has 0 bridgehead atoms. The monoisotopic (exact) mass is 472 g/mol. The van der Waals surface area contributed by atoms with Crippen LogP contribution in [0.1, 0.15) is 25.0 Å². The minimum Gasteiger partial charge on any atom is -0.355 e. The van der Waals surface area contributed by atoms with E-state index in [-0.39, 0.29) is 24.1 Å². The van der Waals surface area contributed by atoms with Gasteiger partial charge in [0, 0.05) is 39.5 Å². The third-order valence-electron chi connectivity index (χ3n) is 4.35. The summed E-state index contributed by atoms with van der Waals surface area (Å²) >= 11 is 20.2. The normalized spacial score (nSPS) is 11.8. The first-order chi connectivity index (χ1) is 13.8. The quantitative estimate of drug-likeness (QED) is 0.528. The Morgan fingerprint density at radius 1 is 1.03 bits per heavy atom. The Morgan fingerprint density at radius 2 is 1.66 bits per heavy atom. The number of benzene rings is 2. The molecule has 4 nitrogen and oxygen atoms in total. The van der Waals surface area contributed by atoms with Crippen LogP contribution in [0.5, 0.6) is 0 Å². The lowest BCUT2D eigenvalue weighted by molar-refractivity contribution is -0.138. The summed E-state index contributed by atoms with van der Waals surface area (Å²) in [5.74, 6) is 0.413. The number of halogens is 3. The summed E-state index contributed by atoms with van der Waals surface area (Å²) in [6.45, 7) is 4.18. The van der Waals surface area contributed by atoms with Crippen molar-refractivity contribution in [3.8, 4) is 0 Å². The standard InChI is InChI=1S/C21H23Cl3N2O2S/c1-3-25-21(28)14(2)26(11-16-18(23)9-6-10-19(16)24)20(27)13-29-12-15-7-4-5-8-17(15)22/h4-10,14H,3,11-13H2,1-2H3,(H,25,28)/t14-/m1/s1. The van der Waals surface area contributed by atoms with E-state index < -0.39 is 6.04 Å². The lowest BCUT2D eigenvalue weighted by atomic mass is 10.1. The van der Waals surface area contributed by atoms with Gasteiger partial charge in [-0.15, -0.1) is 11.8 Å². The van der Waals surface area contributed by atoms with Crippen LogP contribution in [0.3, 0.4) is 0 Å². The third-order valence-corrected chi connectivity index (χ3v) is 6.39. The zero-order chi connectivity index (χ0) is 21.4. The van der Waals surface area contributed by atoms with E-state index in [2.05, 4.69) is 5.32 Å². The highest BCUT2D eigenvalue weighted by Gasteiger charge is 2.27. The lowest BCUT2D eigenvalue weighted by Crippen LogP contribution is -2.48. The smallest absolute Gasteiger partial charge is 0.242 e. The summed E-state index contributed by atoms with van der Waals surface area (Å²) in [7, 11) is 0. The SMILES string of the molecule is CCNC(=O)[C@@H](C)N(Cc1c(Cl)cccc1Cl)C(=O)CSCc1ccccc1Cl. The molecule has 156 valence electrons. The molecule has 2 aromatic carbocycles. The molecule has 2 rings (SSSR count). The first kappa shape index (κ1) is 23.9. The van der Waals surface area contributed by atoms with E-state index in [4.69, 9.17) is 34.8 Å². The van der Waals surface area contributed by atoms with E-state index in [0.29, 0.717) is 32.9 Å². The molecule has 0 heterocycles. The van der Waals surface area contributed by atoms with Crippen molar-refractivity contribution >= 4 is 58.4 Å². The molecule has 1 atom stereocenters. The van der Waals surface area contributed by atoms with Crippen molar-refractivity contribution < 1.29 is 9.59 Å². The first-order valence-electron chi connectivity index (χ1n) is 9.16. The van der Waals surface area contributed by atoms with Gasteiger partial charge in [0.2, 0.25) is 11.8 Å². The topological polar surface area (TPSA) is 49.4 Å². The maximum Gasteiger partial charge on any atom is 0.242 e. The van der Waals surface area contributed by atoms with E-state index in [1.807, 2.05) is 31.2 Å². The fraction of sp³-hybridized carbons (Fsp3) is 0.333. The van der Waals surface area contributed by atoms with Crippen LogP contribution in [0, 0.1) is 0 Å². The van der Waals surface area contributed by atoms with Gasteiger partial charge in [-0.25, -0.2) is 0 Å². The summed E-state index contributed by atoms with van der Waals surface area (Å²) < 4.78 is 0. The van der Waals surface area contributed by atoms with Crippen LogP contribution in [0.2, 0.25) is 15.1 Å². The van der Waals surface area contributed by atoms with Crippen LogP contribution < -0.4 is 5.32 Å². The van der Waals surface area contributed by atoms with Crippen LogP contribution in [0.25, 0.3) is 0 Å². The summed E-state index contributed by atoms with van der Waals surface area (Å²) in [6.07, 6.45) is 0. The fourth-order valence-electron chi connectivity index (χ4n) is 2.70. The molecule has 2 amide bonds. The Morgan fingerprint density at radius 3 is 2.28 bits per heavy atom. The number of likely N-dealkylation sites (N-methyl/N-ethyl adjacent to an activating group) is 1. The molecular formula is C21H23Cl3N2O2S. The van der Waals surface area contributed by atoms with Crippen LogP contribution in [0.4, 0.5) is 0 Å². The first-order valence-corrected chi connectivity index (χ1v) is 11.4. The molecule has 8 heteroatoms. The third kappa shape index (κ3) is 6.82. The molecule has 0 aliphatic rings. The Balaban J connectivity index is 2.14. The Bertz CT molecular complexity index is 843. The maximum atomic E-state index is 13.0. The van der Waals surface area contributed by atoms with Crippen molar-refractivity contribution in [2.75, 3.05) is 12.3 Å². The number of hydrogen-bond acceptors (Lipinski definition) is 3. The average Bonchev–Trinajstić information content (AvgIpc) is 2.69. The molecule has 0 saturated carbocycles. The molecule has 29 heavy (non-hydrogen) atoms. The molecule has 2 aromatic rings. The zero-order valence-electron chi connectivity index (χ0n) is 16.3. The van der Waals surface area contributed by atoms with E-state index in [9.17, 15) is 9.59 Å². The number of nitrogens with zero attached hydrogens (tertiary/aromatic N) is 1. The second-order valence-electron chi connectivity index (χ2n) is 6.38. The van der Waals surface area contributed by atoms with Gasteiger partial charge in [-0.2, -0.15) is 0 Å². The molecular weight excluding hydrogens is 451 g/mol. The van der Waals surface area contributed by atoms with Gasteiger partial charge in [-0.1, -0.05) is 59.1 Å². The van der Waals surface area contributed by atoms with Crippen LogP contribution in [-0.2, 0) is 21.9 Å². The van der Waals surface area contributed by atoms with E-state index in [1.54, 1.807) is 25.1 Å². The number of amides is 2. The van der Waals surface area contributed by atoms with Crippen LogP contribution >= 0.6 is 46.6 Å². The molecule has 0 aliphatic carbocycles. The number of rotatable bonds is 9. The highest BCUT2D eigenvalue weighted by Crippen LogP contribution is 2.27. The van der Waals surface area contributed by atoms with Crippen LogP contribution in [-0.4, -0.2) is 35.1 Å². The maximum absolute atomic E-state index is 13.0. The van der Waals surface area contributed by atoms with Gasteiger partial charge in [0.25, 0.3) is 0 Å². The van der Waals surface area contributed by atoms with Crippen molar-refractivity contribution in [2.45, 2.75) is 32.2 Å². The molecule has 0 aromatic heterocycles. The van der Waals surface area contributed by atoms with E-state index in [0.717, 1.165) is 5.56 Å². The summed E-state index contributed by atoms with van der Waals surface area (Å²) in [5, 5.41) is 4.35. The number of hydrogen-bond donors (Lipinski definition) is 1. The fourth-order valence-corrected chi connectivity index (χ4v) is 4.42. The zero-order valence-corrected chi connectivity index (χ0v) is 19.3. The van der Waals surface area contributed by atoms with Gasteiger partial charge in [-0.3, -0.25) is 9.59 Å². The van der Waals surface area contributed by atoms with Gasteiger partial charge < -0.3 is 10.2 Å². The minimum absolute atomic E-state index is 0.155. The number of thioether (sulfide) groups is 1. The number of nitrogens with one attached hydrogen (secondary N) is 1. The highest BCUT2D eigenvalue weighted by molar-refractivity contribution is 7.99. The summed E-state index contributed by atoms with van der Waals surface area (Å²) in [6, 6.07) is 12.0. The van der Waals surface area contributed by atoms with Crippen molar-refractivity contribution in [2.24, 2.45) is 0 Å².